The van der Waals surface area contributed by atoms with Crippen LogP contribution in [0.1, 0.15) is 19.4 Å². The fourth-order valence-electron chi connectivity index (χ4n) is 1.16. The number of amides is 1. The molecular formula is C10H14N2O. The molecule has 1 aromatic rings. The minimum Gasteiger partial charge on any atom is -0.300 e. The van der Waals surface area contributed by atoms with E-state index in [-0.39, 0.29) is 5.91 Å². The molecule has 1 heterocycles. The Balaban J connectivity index is 3.05. The van der Waals surface area contributed by atoms with E-state index >= 15 is 0 Å². The predicted octanol–water partition coefficient (Wildman–Crippen LogP) is 1.63. The first-order valence-electron chi connectivity index (χ1n) is 4.35. The molecule has 3 heteroatoms. The number of pyridine rings is 1. The molecule has 0 spiro atoms. The number of hydrogen-bond acceptors (Lipinski definition) is 2. The number of aryl methyl sites for hydroxylation is 1. The SMILES string of the molecule is CCc1cccnc1N(C)C(C)=O. The average Bonchev–Trinajstić information content (AvgIpc) is 2.16. The highest BCUT2D eigenvalue weighted by atomic mass is 16.2. The van der Waals surface area contributed by atoms with Gasteiger partial charge in [-0.15, -0.1) is 0 Å². The summed E-state index contributed by atoms with van der Waals surface area (Å²) in [5.74, 6) is 0.769. The highest BCUT2D eigenvalue weighted by molar-refractivity contribution is 5.90. The molecule has 0 unspecified atom stereocenters. The molecule has 0 radical (unpaired) electrons. The Morgan fingerprint density at radius 3 is 2.85 bits per heavy atom. The van der Waals surface area contributed by atoms with Gasteiger partial charge in [-0.2, -0.15) is 0 Å². The molecule has 0 aromatic carbocycles. The van der Waals surface area contributed by atoms with Gasteiger partial charge in [-0.05, 0) is 18.1 Å². The molecule has 1 aromatic heterocycles. The van der Waals surface area contributed by atoms with Crippen molar-refractivity contribution in [1.29, 1.82) is 0 Å². The van der Waals surface area contributed by atoms with E-state index in [1.165, 1.54) is 6.92 Å². The lowest BCUT2D eigenvalue weighted by Crippen LogP contribution is -2.25. The summed E-state index contributed by atoms with van der Waals surface area (Å²) in [5.41, 5.74) is 1.10. The average molecular weight is 178 g/mol. The second kappa shape index (κ2) is 4.03. The zero-order valence-corrected chi connectivity index (χ0v) is 8.24. The molecule has 1 amide bonds. The lowest BCUT2D eigenvalue weighted by Gasteiger charge is -2.16. The zero-order valence-electron chi connectivity index (χ0n) is 8.24. The maximum atomic E-state index is 11.1. The zero-order chi connectivity index (χ0) is 9.84. The second-order valence-electron chi connectivity index (χ2n) is 2.92. The molecular weight excluding hydrogens is 164 g/mol. The topological polar surface area (TPSA) is 33.2 Å². The highest BCUT2D eigenvalue weighted by Gasteiger charge is 2.09. The number of rotatable bonds is 2. The van der Waals surface area contributed by atoms with Crippen molar-refractivity contribution in [1.82, 2.24) is 4.98 Å². The Bertz CT molecular complexity index is 310. The smallest absolute Gasteiger partial charge is 0.224 e. The maximum Gasteiger partial charge on any atom is 0.224 e. The molecule has 0 aliphatic rings. The van der Waals surface area contributed by atoms with Gasteiger partial charge in [0, 0.05) is 20.2 Å². The van der Waals surface area contributed by atoms with Crippen LogP contribution >= 0.6 is 0 Å². The third-order valence-corrected chi connectivity index (χ3v) is 2.04. The van der Waals surface area contributed by atoms with Crippen molar-refractivity contribution in [3.8, 4) is 0 Å². The van der Waals surface area contributed by atoms with Gasteiger partial charge in [-0.3, -0.25) is 9.69 Å². The molecule has 0 aliphatic heterocycles. The van der Waals surface area contributed by atoms with Gasteiger partial charge in [-0.1, -0.05) is 13.0 Å². The first-order chi connectivity index (χ1) is 6.16. The largest absolute Gasteiger partial charge is 0.300 e. The summed E-state index contributed by atoms with van der Waals surface area (Å²) in [4.78, 5) is 16.8. The van der Waals surface area contributed by atoms with Crippen LogP contribution in [0.3, 0.4) is 0 Å². The first-order valence-corrected chi connectivity index (χ1v) is 4.35. The molecule has 3 nitrogen and oxygen atoms in total. The quantitative estimate of drug-likeness (QED) is 0.689. The van der Waals surface area contributed by atoms with Crippen LogP contribution < -0.4 is 4.90 Å². The summed E-state index contributed by atoms with van der Waals surface area (Å²) in [6.07, 6.45) is 2.59. The van der Waals surface area contributed by atoms with Gasteiger partial charge in [0.05, 0.1) is 0 Å². The van der Waals surface area contributed by atoms with Crippen LogP contribution in [-0.4, -0.2) is 17.9 Å². The fraction of sp³-hybridized carbons (Fsp3) is 0.400. The Labute approximate surface area is 78.4 Å². The van der Waals surface area contributed by atoms with Crippen molar-refractivity contribution in [3.63, 3.8) is 0 Å². The number of nitrogens with zero attached hydrogens (tertiary/aromatic N) is 2. The number of anilines is 1. The molecule has 0 aliphatic carbocycles. The molecule has 0 fully saturated rings. The van der Waals surface area contributed by atoms with E-state index in [0.29, 0.717) is 0 Å². The summed E-state index contributed by atoms with van der Waals surface area (Å²) in [6, 6.07) is 3.87. The lowest BCUT2D eigenvalue weighted by atomic mass is 10.2. The summed E-state index contributed by atoms with van der Waals surface area (Å²) in [7, 11) is 1.74. The van der Waals surface area contributed by atoms with Gasteiger partial charge in [0.25, 0.3) is 0 Å². The highest BCUT2D eigenvalue weighted by Crippen LogP contribution is 2.15. The fourth-order valence-corrected chi connectivity index (χ4v) is 1.16. The first kappa shape index (κ1) is 9.71. The van der Waals surface area contributed by atoms with Crippen molar-refractivity contribution in [2.75, 3.05) is 11.9 Å². The lowest BCUT2D eigenvalue weighted by molar-refractivity contribution is -0.116. The van der Waals surface area contributed by atoms with E-state index in [9.17, 15) is 4.79 Å². The van der Waals surface area contributed by atoms with Gasteiger partial charge >= 0.3 is 0 Å². The normalized spacial score (nSPS) is 9.77. The molecule has 0 saturated carbocycles. The Morgan fingerprint density at radius 2 is 2.31 bits per heavy atom. The van der Waals surface area contributed by atoms with Crippen molar-refractivity contribution >= 4 is 11.7 Å². The van der Waals surface area contributed by atoms with Crippen LogP contribution in [0.5, 0.6) is 0 Å². The Hall–Kier alpha value is -1.38. The Morgan fingerprint density at radius 1 is 1.62 bits per heavy atom. The third-order valence-electron chi connectivity index (χ3n) is 2.04. The molecule has 13 heavy (non-hydrogen) atoms. The van der Waals surface area contributed by atoms with Crippen LogP contribution in [0.2, 0.25) is 0 Å². The number of carbonyl (C=O) groups excluding carboxylic acids is 1. The van der Waals surface area contributed by atoms with Crippen LogP contribution in [0.4, 0.5) is 5.82 Å². The molecule has 1 rings (SSSR count). The minimum atomic E-state index is 0.00778. The molecule has 0 N–H and O–H groups in total. The van der Waals surface area contributed by atoms with Gasteiger partial charge < -0.3 is 0 Å². The second-order valence-corrected chi connectivity index (χ2v) is 2.92. The van der Waals surface area contributed by atoms with Crippen molar-refractivity contribution in [2.45, 2.75) is 20.3 Å². The van der Waals surface area contributed by atoms with Crippen LogP contribution in [0.15, 0.2) is 18.3 Å². The van der Waals surface area contributed by atoms with Crippen molar-refractivity contribution in [2.24, 2.45) is 0 Å². The van der Waals surface area contributed by atoms with Gasteiger partial charge in [0.2, 0.25) is 5.91 Å². The molecule has 0 atom stereocenters. The maximum absolute atomic E-state index is 11.1. The summed E-state index contributed by atoms with van der Waals surface area (Å²) >= 11 is 0. The number of hydrogen-bond donors (Lipinski definition) is 0. The van der Waals surface area contributed by atoms with Crippen molar-refractivity contribution in [3.05, 3.63) is 23.9 Å². The molecule has 0 saturated heterocycles. The van der Waals surface area contributed by atoms with Gasteiger partial charge in [0.1, 0.15) is 5.82 Å². The Kier molecular flexibility index (Phi) is 3.01. The van der Waals surface area contributed by atoms with E-state index < -0.39 is 0 Å². The van der Waals surface area contributed by atoms with Gasteiger partial charge in [0.15, 0.2) is 0 Å². The van der Waals surface area contributed by atoms with Gasteiger partial charge in [-0.25, -0.2) is 4.98 Å². The summed E-state index contributed by atoms with van der Waals surface area (Å²) in [5, 5.41) is 0. The van der Waals surface area contributed by atoms with E-state index in [0.717, 1.165) is 17.8 Å². The van der Waals surface area contributed by atoms with Crippen LogP contribution in [0, 0.1) is 0 Å². The number of aromatic nitrogens is 1. The van der Waals surface area contributed by atoms with E-state index in [1.807, 2.05) is 12.1 Å². The predicted molar refractivity (Wildman–Crippen MR) is 52.7 cm³/mol. The van der Waals surface area contributed by atoms with E-state index in [2.05, 4.69) is 11.9 Å². The monoisotopic (exact) mass is 178 g/mol. The summed E-state index contributed by atoms with van der Waals surface area (Å²) < 4.78 is 0. The minimum absolute atomic E-state index is 0.00778. The van der Waals surface area contributed by atoms with Crippen molar-refractivity contribution < 1.29 is 4.79 Å². The number of carbonyl (C=O) groups is 1. The van der Waals surface area contributed by atoms with E-state index in [1.54, 1.807) is 18.1 Å². The summed E-state index contributed by atoms with van der Waals surface area (Å²) in [6.45, 7) is 3.59. The molecule has 0 bridgehead atoms. The standard InChI is InChI=1S/C10H14N2O/c1-4-9-6-5-7-11-10(9)12(3)8(2)13/h5-7H,4H2,1-3H3. The molecule has 70 valence electrons. The third kappa shape index (κ3) is 2.05. The van der Waals surface area contributed by atoms with Crippen LogP contribution in [-0.2, 0) is 11.2 Å². The van der Waals surface area contributed by atoms with E-state index in [4.69, 9.17) is 0 Å². The van der Waals surface area contributed by atoms with Crippen LogP contribution in [0.25, 0.3) is 0 Å².